The summed E-state index contributed by atoms with van der Waals surface area (Å²) in [4.78, 5) is 17.2. The predicted molar refractivity (Wildman–Crippen MR) is 117 cm³/mol. The summed E-state index contributed by atoms with van der Waals surface area (Å²) in [5.41, 5.74) is 1.82. The van der Waals surface area contributed by atoms with E-state index in [1.54, 1.807) is 6.07 Å². The Morgan fingerprint density at radius 2 is 1.90 bits per heavy atom. The fourth-order valence-corrected chi connectivity index (χ4v) is 5.33. The monoisotopic (exact) mass is 446 g/mol. The van der Waals surface area contributed by atoms with Gasteiger partial charge >= 0.3 is 0 Å². The minimum Gasteiger partial charge on any atom is -0.381 e. The van der Waals surface area contributed by atoms with Crippen LogP contribution in [-0.4, -0.2) is 41.3 Å². The average Bonchev–Trinajstić information content (AvgIpc) is 3.19. The van der Waals surface area contributed by atoms with Crippen molar-refractivity contribution in [1.29, 1.82) is 0 Å². The van der Waals surface area contributed by atoms with Crippen molar-refractivity contribution >= 4 is 51.9 Å². The third-order valence-corrected chi connectivity index (χ3v) is 7.76. The second-order valence-electron chi connectivity index (χ2n) is 7.66. The highest BCUT2D eigenvalue weighted by molar-refractivity contribution is 7.99. The predicted octanol–water partition coefficient (Wildman–Crippen LogP) is 5.49. The van der Waals surface area contributed by atoms with E-state index in [0.29, 0.717) is 21.1 Å². The second-order valence-corrected chi connectivity index (χ2v) is 9.51. The summed E-state index contributed by atoms with van der Waals surface area (Å²) in [6.07, 6.45) is 5.33. The number of hydrogen-bond acceptors (Lipinski definition) is 6. The molecular formula is C21H20Cl2N4OS. The molecular weight excluding hydrogens is 427 g/mol. The standard InChI is InChI=1S/C21H20Cl2N4OS/c22-14-2-1-3-16(19(14)23)29-18-5-4-15-20(26-18)24-12-17(25-15)27-9-6-21(7-10-27)8-11-28-13-21/h1-5,12H,6-11,13H2. The van der Waals surface area contributed by atoms with Crippen molar-refractivity contribution in [3.63, 3.8) is 0 Å². The van der Waals surface area contributed by atoms with Crippen LogP contribution in [0, 0.1) is 5.41 Å². The fraction of sp³-hybridized carbons (Fsp3) is 0.381. The minimum atomic E-state index is 0.385. The SMILES string of the molecule is Clc1cccc(Sc2ccc3nc(N4CCC5(CCOC5)CC4)cnc3n2)c1Cl. The Morgan fingerprint density at radius 1 is 1.03 bits per heavy atom. The zero-order valence-corrected chi connectivity index (χ0v) is 18.1. The number of piperidine rings is 1. The van der Waals surface area contributed by atoms with E-state index in [0.717, 1.165) is 60.4 Å². The summed E-state index contributed by atoms with van der Waals surface area (Å²) >= 11 is 13.9. The third kappa shape index (κ3) is 3.91. The lowest BCUT2D eigenvalue weighted by Crippen LogP contribution is -2.40. The molecule has 0 aliphatic carbocycles. The Balaban J connectivity index is 1.34. The van der Waals surface area contributed by atoms with Crippen LogP contribution in [0.2, 0.25) is 10.0 Å². The topological polar surface area (TPSA) is 51.1 Å². The lowest BCUT2D eigenvalue weighted by molar-refractivity contribution is 0.133. The molecule has 0 radical (unpaired) electrons. The van der Waals surface area contributed by atoms with Crippen molar-refractivity contribution in [2.75, 3.05) is 31.2 Å². The molecule has 150 valence electrons. The van der Waals surface area contributed by atoms with Crippen LogP contribution < -0.4 is 4.90 Å². The zero-order valence-electron chi connectivity index (χ0n) is 15.8. The summed E-state index contributed by atoms with van der Waals surface area (Å²) in [7, 11) is 0. The van der Waals surface area contributed by atoms with E-state index in [-0.39, 0.29) is 0 Å². The highest BCUT2D eigenvalue weighted by Crippen LogP contribution is 2.40. The van der Waals surface area contributed by atoms with Crippen molar-refractivity contribution < 1.29 is 4.74 Å². The quantitative estimate of drug-likeness (QED) is 0.529. The highest BCUT2D eigenvalue weighted by atomic mass is 35.5. The van der Waals surface area contributed by atoms with Crippen molar-refractivity contribution in [1.82, 2.24) is 15.0 Å². The number of hydrogen-bond donors (Lipinski definition) is 0. The number of nitrogens with zero attached hydrogens (tertiary/aromatic N) is 4. The Morgan fingerprint density at radius 3 is 2.69 bits per heavy atom. The Kier molecular flexibility index (Phi) is 5.28. The van der Waals surface area contributed by atoms with Crippen LogP contribution >= 0.6 is 35.0 Å². The van der Waals surface area contributed by atoms with Gasteiger partial charge in [0.1, 0.15) is 16.4 Å². The van der Waals surface area contributed by atoms with Crippen LogP contribution in [0.3, 0.4) is 0 Å². The molecule has 0 atom stereocenters. The summed E-state index contributed by atoms with van der Waals surface area (Å²) in [6.45, 7) is 3.81. The van der Waals surface area contributed by atoms with Crippen LogP contribution in [0.5, 0.6) is 0 Å². The molecule has 5 nitrogen and oxygen atoms in total. The molecule has 0 saturated carbocycles. The van der Waals surface area contributed by atoms with Crippen molar-refractivity contribution in [2.24, 2.45) is 5.41 Å². The molecule has 2 aliphatic rings. The van der Waals surface area contributed by atoms with E-state index in [2.05, 4.69) is 14.9 Å². The molecule has 29 heavy (non-hydrogen) atoms. The van der Waals surface area contributed by atoms with Gasteiger partial charge in [0.2, 0.25) is 0 Å². The lowest BCUT2D eigenvalue weighted by atomic mass is 9.78. The first-order chi connectivity index (χ1) is 14.1. The fourth-order valence-electron chi connectivity index (χ4n) is 4.02. The molecule has 0 unspecified atom stereocenters. The molecule has 1 aromatic carbocycles. The minimum absolute atomic E-state index is 0.385. The van der Waals surface area contributed by atoms with E-state index in [9.17, 15) is 0 Å². The summed E-state index contributed by atoms with van der Waals surface area (Å²) in [5.74, 6) is 0.923. The first-order valence-corrected chi connectivity index (χ1v) is 11.3. The second kappa shape index (κ2) is 7.91. The van der Waals surface area contributed by atoms with E-state index < -0.39 is 0 Å². The van der Waals surface area contributed by atoms with Crippen LogP contribution in [0.15, 0.2) is 46.5 Å². The van der Waals surface area contributed by atoms with Gasteiger partial charge < -0.3 is 9.64 Å². The molecule has 2 aliphatic heterocycles. The maximum absolute atomic E-state index is 6.29. The largest absolute Gasteiger partial charge is 0.381 e. The number of anilines is 1. The maximum Gasteiger partial charge on any atom is 0.179 e. The van der Waals surface area contributed by atoms with Gasteiger partial charge in [0.05, 0.1) is 22.8 Å². The molecule has 4 heterocycles. The lowest BCUT2D eigenvalue weighted by Gasteiger charge is -2.38. The molecule has 2 saturated heterocycles. The Labute approximate surface area is 183 Å². The molecule has 8 heteroatoms. The van der Waals surface area contributed by atoms with Crippen LogP contribution in [0.25, 0.3) is 11.2 Å². The van der Waals surface area contributed by atoms with Crippen molar-refractivity contribution in [2.45, 2.75) is 29.2 Å². The van der Waals surface area contributed by atoms with Crippen molar-refractivity contribution in [3.8, 4) is 0 Å². The van der Waals surface area contributed by atoms with E-state index >= 15 is 0 Å². The number of benzene rings is 1. The summed E-state index contributed by atoms with van der Waals surface area (Å²) < 4.78 is 5.63. The van der Waals surface area contributed by atoms with Gasteiger partial charge in [-0.25, -0.2) is 15.0 Å². The summed E-state index contributed by atoms with van der Waals surface area (Å²) in [6, 6.07) is 9.50. The van der Waals surface area contributed by atoms with Gasteiger partial charge in [-0.3, -0.25) is 0 Å². The number of fused-ring (bicyclic) bond motifs is 1. The van der Waals surface area contributed by atoms with Crippen LogP contribution in [0.1, 0.15) is 19.3 Å². The van der Waals surface area contributed by atoms with Gasteiger partial charge in [0, 0.05) is 24.6 Å². The number of aromatic nitrogens is 3. The average molecular weight is 447 g/mol. The van der Waals surface area contributed by atoms with Crippen LogP contribution in [0.4, 0.5) is 5.82 Å². The Bertz CT molecular complexity index is 1050. The number of halogens is 2. The number of pyridine rings is 1. The summed E-state index contributed by atoms with van der Waals surface area (Å²) in [5, 5.41) is 1.89. The third-order valence-electron chi connectivity index (χ3n) is 5.83. The normalized spacial score (nSPS) is 18.6. The van der Waals surface area contributed by atoms with E-state index in [1.165, 1.54) is 18.2 Å². The zero-order chi connectivity index (χ0) is 19.8. The van der Waals surface area contributed by atoms with Gasteiger partial charge in [-0.2, -0.15) is 0 Å². The molecule has 1 spiro atoms. The van der Waals surface area contributed by atoms with E-state index in [4.69, 9.17) is 32.9 Å². The maximum atomic E-state index is 6.29. The molecule has 2 fully saturated rings. The van der Waals surface area contributed by atoms with Gasteiger partial charge in [0.25, 0.3) is 0 Å². The van der Waals surface area contributed by atoms with Gasteiger partial charge in [-0.1, -0.05) is 41.0 Å². The molecule has 0 N–H and O–H groups in total. The molecule has 0 amide bonds. The van der Waals surface area contributed by atoms with Gasteiger partial charge in [0.15, 0.2) is 5.65 Å². The van der Waals surface area contributed by atoms with Gasteiger partial charge in [-0.05, 0) is 48.9 Å². The number of rotatable bonds is 3. The van der Waals surface area contributed by atoms with Gasteiger partial charge in [-0.15, -0.1) is 0 Å². The van der Waals surface area contributed by atoms with Crippen LogP contribution in [-0.2, 0) is 4.74 Å². The first kappa shape index (κ1) is 19.4. The van der Waals surface area contributed by atoms with Crippen molar-refractivity contribution in [3.05, 3.63) is 46.6 Å². The first-order valence-electron chi connectivity index (χ1n) is 9.70. The Hall–Kier alpha value is -1.60. The number of ether oxygens (including phenoxy) is 1. The molecule has 2 aromatic heterocycles. The smallest absolute Gasteiger partial charge is 0.179 e. The highest BCUT2D eigenvalue weighted by Gasteiger charge is 2.38. The molecule has 0 bridgehead atoms. The molecule has 3 aromatic rings. The molecule has 5 rings (SSSR count). The van der Waals surface area contributed by atoms with E-state index in [1.807, 2.05) is 30.5 Å².